The van der Waals surface area contributed by atoms with Crippen LogP contribution in [-0.4, -0.2) is 24.3 Å². The van der Waals surface area contributed by atoms with Crippen molar-refractivity contribution in [3.05, 3.63) is 77.2 Å². The lowest BCUT2D eigenvalue weighted by molar-refractivity contribution is -0.137. The minimum Gasteiger partial charge on any atom is -0.465 e. The third kappa shape index (κ3) is 5.01. The van der Waals surface area contributed by atoms with Gasteiger partial charge in [-0.1, -0.05) is 29.4 Å². The number of esters is 1. The minimum absolute atomic E-state index is 0.0889. The van der Waals surface area contributed by atoms with E-state index in [4.69, 9.17) is 9.25 Å². The lowest BCUT2D eigenvalue weighted by Crippen LogP contribution is -2.06. The van der Waals surface area contributed by atoms with Gasteiger partial charge >= 0.3 is 12.1 Å². The van der Waals surface area contributed by atoms with Gasteiger partial charge in [-0.25, -0.2) is 9.78 Å². The SMILES string of the molecule is COC(=O)c1ccc(/C=N/OCc2coc(-c3ccccc3C(F)(F)F)n2)cc1. The summed E-state index contributed by atoms with van der Waals surface area (Å²) in [5, 5.41) is 3.77. The Labute approximate surface area is 163 Å². The molecule has 1 aromatic heterocycles. The Bertz CT molecular complexity index is 1010. The molecule has 0 fully saturated rings. The second-order valence-corrected chi connectivity index (χ2v) is 5.81. The van der Waals surface area contributed by atoms with E-state index in [9.17, 15) is 18.0 Å². The van der Waals surface area contributed by atoms with Gasteiger partial charge in [-0.05, 0) is 29.8 Å². The zero-order chi connectivity index (χ0) is 20.9. The standard InChI is InChI=1S/C20H15F3N2O4/c1-27-19(26)14-8-6-13(7-9-14)10-24-29-12-15-11-28-18(25-15)16-4-2-3-5-17(16)20(21,22)23/h2-11H,12H2,1H3/b24-10+. The van der Waals surface area contributed by atoms with Crippen molar-refractivity contribution in [2.75, 3.05) is 7.11 Å². The number of aromatic nitrogens is 1. The van der Waals surface area contributed by atoms with Crippen molar-refractivity contribution in [3.8, 4) is 11.5 Å². The molecule has 0 spiro atoms. The molecular weight excluding hydrogens is 389 g/mol. The Kier molecular flexibility index (Phi) is 5.96. The maximum absolute atomic E-state index is 13.1. The van der Waals surface area contributed by atoms with E-state index in [-0.39, 0.29) is 23.8 Å². The number of benzene rings is 2. The van der Waals surface area contributed by atoms with E-state index >= 15 is 0 Å². The Balaban J connectivity index is 1.62. The van der Waals surface area contributed by atoms with Crippen LogP contribution in [0.4, 0.5) is 13.2 Å². The van der Waals surface area contributed by atoms with Gasteiger partial charge in [0, 0.05) is 5.56 Å². The zero-order valence-corrected chi connectivity index (χ0v) is 15.1. The number of carbonyl (C=O) groups excluding carboxylic acids is 1. The highest BCUT2D eigenvalue weighted by atomic mass is 19.4. The molecule has 0 aliphatic carbocycles. The first-order valence-corrected chi connectivity index (χ1v) is 8.33. The number of rotatable bonds is 6. The maximum Gasteiger partial charge on any atom is 0.417 e. The number of methoxy groups -OCH3 is 1. The zero-order valence-electron chi connectivity index (χ0n) is 15.1. The Morgan fingerprint density at radius 3 is 2.59 bits per heavy atom. The van der Waals surface area contributed by atoms with Crippen LogP contribution in [0.2, 0.25) is 0 Å². The van der Waals surface area contributed by atoms with Crippen molar-refractivity contribution in [3.63, 3.8) is 0 Å². The Hall–Kier alpha value is -3.62. The first-order valence-electron chi connectivity index (χ1n) is 8.33. The molecule has 0 amide bonds. The first kappa shape index (κ1) is 20.1. The van der Waals surface area contributed by atoms with Gasteiger partial charge in [-0.15, -0.1) is 0 Å². The van der Waals surface area contributed by atoms with E-state index in [1.54, 1.807) is 24.3 Å². The fourth-order valence-corrected chi connectivity index (χ4v) is 2.44. The highest BCUT2D eigenvalue weighted by molar-refractivity contribution is 5.90. The van der Waals surface area contributed by atoms with E-state index < -0.39 is 17.7 Å². The van der Waals surface area contributed by atoms with E-state index in [0.717, 1.165) is 6.07 Å². The molecule has 9 heteroatoms. The predicted octanol–water partition coefficient (Wildman–Crippen LogP) is 4.70. The molecule has 0 aliphatic heterocycles. The third-order valence-electron chi connectivity index (χ3n) is 3.84. The van der Waals surface area contributed by atoms with Gasteiger partial charge < -0.3 is 14.0 Å². The number of alkyl halides is 3. The number of carbonyl (C=O) groups is 1. The van der Waals surface area contributed by atoms with Crippen molar-refractivity contribution in [2.24, 2.45) is 5.16 Å². The van der Waals surface area contributed by atoms with Gasteiger partial charge in [0.05, 0.1) is 24.5 Å². The van der Waals surface area contributed by atoms with Crippen LogP contribution in [0.25, 0.3) is 11.5 Å². The van der Waals surface area contributed by atoms with E-state index in [1.807, 2.05) is 0 Å². The third-order valence-corrected chi connectivity index (χ3v) is 3.84. The van der Waals surface area contributed by atoms with Crippen LogP contribution in [0.15, 0.2) is 64.4 Å². The number of hydrogen-bond acceptors (Lipinski definition) is 6. The van der Waals surface area contributed by atoms with Crippen molar-refractivity contribution >= 4 is 12.2 Å². The highest BCUT2D eigenvalue weighted by Gasteiger charge is 2.34. The van der Waals surface area contributed by atoms with Crippen LogP contribution in [0.5, 0.6) is 0 Å². The number of halogens is 3. The van der Waals surface area contributed by atoms with Crippen LogP contribution in [-0.2, 0) is 22.4 Å². The summed E-state index contributed by atoms with van der Waals surface area (Å²) in [6, 6.07) is 11.5. The molecule has 0 atom stereocenters. The van der Waals surface area contributed by atoms with Crippen molar-refractivity contribution in [2.45, 2.75) is 12.8 Å². The van der Waals surface area contributed by atoms with E-state index in [2.05, 4.69) is 14.9 Å². The number of nitrogens with zero attached hydrogens (tertiary/aromatic N) is 2. The molecule has 3 rings (SSSR count). The van der Waals surface area contributed by atoms with Crippen LogP contribution < -0.4 is 0 Å². The van der Waals surface area contributed by atoms with Crippen molar-refractivity contribution in [1.29, 1.82) is 0 Å². The lowest BCUT2D eigenvalue weighted by Gasteiger charge is -2.09. The van der Waals surface area contributed by atoms with Gasteiger partial charge in [-0.3, -0.25) is 0 Å². The van der Waals surface area contributed by atoms with Gasteiger partial charge in [0.15, 0.2) is 6.61 Å². The highest BCUT2D eigenvalue weighted by Crippen LogP contribution is 2.36. The second kappa shape index (κ2) is 8.59. The molecular formula is C20H15F3N2O4. The summed E-state index contributed by atoms with van der Waals surface area (Å²) in [7, 11) is 1.29. The first-order chi connectivity index (χ1) is 13.9. The molecule has 0 aliphatic rings. The number of ether oxygens (including phenoxy) is 1. The van der Waals surface area contributed by atoms with Gasteiger partial charge in [-0.2, -0.15) is 13.2 Å². The summed E-state index contributed by atoms with van der Waals surface area (Å²) in [4.78, 5) is 20.5. The van der Waals surface area contributed by atoms with Crippen molar-refractivity contribution in [1.82, 2.24) is 4.98 Å². The molecule has 0 saturated carbocycles. The number of oxazole rings is 1. The van der Waals surface area contributed by atoms with Crippen molar-refractivity contribution < 1.29 is 32.0 Å². The van der Waals surface area contributed by atoms with Gasteiger partial charge in [0.1, 0.15) is 12.0 Å². The summed E-state index contributed by atoms with van der Waals surface area (Å²) in [6.45, 7) is -0.0889. The molecule has 3 aromatic rings. The largest absolute Gasteiger partial charge is 0.465 e. The summed E-state index contributed by atoms with van der Waals surface area (Å²) in [6.07, 6.45) is -1.89. The van der Waals surface area contributed by atoms with Crippen LogP contribution in [0.3, 0.4) is 0 Å². The van der Waals surface area contributed by atoms with Crippen LogP contribution in [0, 0.1) is 0 Å². The van der Waals surface area contributed by atoms with Gasteiger partial charge in [0.25, 0.3) is 0 Å². The molecule has 0 unspecified atom stereocenters. The average molecular weight is 404 g/mol. The summed E-state index contributed by atoms with van der Waals surface area (Å²) in [5.74, 6) is -0.599. The Morgan fingerprint density at radius 1 is 1.17 bits per heavy atom. The molecule has 6 nitrogen and oxygen atoms in total. The maximum atomic E-state index is 13.1. The molecule has 0 saturated heterocycles. The number of oxime groups is 1. The fraction of sp³-hybridized carbons (Fsp3) is 0.150. The van der Waals surface area contributed by atoms with E-state index in [1.165, 1.54) is 37.8 Å². The molecule has 0 bridgehead atoms. The molecule has 150 valence electrons. The van der Waals surface area contributed by atoms with Gasteiger partial charge in [0.2, 0.25) is 5.89 Å². The molecule has 29 heavy (non-hydrogen) atoms. The predicted molar refractivity (Wildman–Crippen MR) is 97.1 cm³/mol. The van der Waals surface area contributed by atoms with Crippen LogP contribution in [0.1, 0.15) is 27.2 Å². The summed E-state index contributed by atoms with van der Waals surface area (Å²) in [5.41, 5.74) is 0.385. The quantitative estimate of drug-likeness (QED) is 0.338. The monoisotopic (exact) mass is 404 g/mol. The molecule has 2 aromatic carbocycles. The molecule has 0 radical (unpaired) electrons. The summed E-state index contributed by atoms with van der Waals surface area (Å²) < 4.78 is 49.1. The minimum atomic E-state index is -4.52. The Morgan fingerprint density at radius 2 is 1.90 bits per heavy atom. The number of hydrogen-bond donors (Lipinski definition) is 0. The fourth-order valence-electron chi connectivity index (χ4n) is 2.44. The van der Waals surface area contributed by atoms with Crippen LogP contribution >= 0.6 is 0 Å². The van der Waals surface area contributed by atoms with E-state index in [0.29, 0.717) is 11.1 Å². The molecule has 0 N–H and O–H groups in total. The topological polar surface area (TPSA) is 73.9 Å². The normalized spacial score (nSPS) is 11.6. The molecule has 1 heterocycles. The second-order valence-electron chi connectivity index (χ2n) is 5.81. The lowest BCUT2D eigenvalue weighted by atomic mass is 10.1. The smallest absolute Gasteiger partial charge is 0.417 e. The average Bonchev–Trinajstić information content (AvgIpc) is 3.19. The summed E-state index contributed by atoms with van der Waals surface area (Å²) >= 11 is 0.